The van der Waals surface area contributed by atoms with Gasteiger partial charge in [0.05, 0.1) is 12.4 Å². The summed E-state index contributed by atoms with van der Waals surface area (Å²) in [5, 5.41) is 7.52. The van der Waals surface area contributed by atoms with E-state index in [1.807, 2.05) is 26.0 Å². The summed E-state index contributed by atoms with van der Waals surface area (Å²) < 4.78 is 5.79. The summed E-state index contributed by atoms with van der Waals surface area (Å²) in [5.74, 6) is 1.74. The lowest BCUT2D eigenvalue weighted by molar-refractivity contribution is 0.296. The van der Waals surface area contributed by atoms with Gasteiger partial charge in [-0.2, -0.15) is 0 Å². The standard InChI is InChI=1S/C17H28N2O/c1-13(2)14-8-7-9-15(12-14)20-11-6-5-10-17(3,4)16(18)19/h7-9,12-13H,5-6,10-11H2,1-4H3,(H3,18,19). The van der Waals surface area contributed by atoms with Gasteiger partial charge in [-0.3, -0.25) is 5.41 Å². The van der Waals surface area contributed by atoms with Crippen molar-refractivity contribution < 1.29 is 4.74 Å². The largest absolute Gasteiger partial charge is 0.494 e. The van der Waals surface area contributed by atoms with E-state index in [1.165, 1.54) is 5.56 Å². The number of benzene rings is 1. The molecule has 0 aromatic heterocycles. The molecule has 20 heavy (non-hydrogen) atoms. The Labute approximate surface area is 123 Å². The van der Waals surface area contributed by atoms with Crippen LogP contribution in [0.25, 0.3) is 0 Å². The predicted octanol–water partition coefficient (Wildman–Crippen LogP) is 4.32. The van der Waals surface area contributed by atoms with Gasteiger partial charge < -0.3 is 10.5 Å². The maximum Gasteiger partial charge on any atom is 0.119 e. The second-order valence-electron chi connectivity index (χ2n) is 6.33. The normalized spacial score (nSPS) is 11.7. The maximum atomic E-state index is 7.52. The van der Waals surface area contributed by atoms with Crippen molar-refractivity contribution in [1.82, 2.24) is 0 Å². The Morgan fingerprint density at radius 2 is 2.00 bits per heavy atom. The molecule has 0 aliphatic heterocycles. The maximum absolute atomic E-state index is 7.52. The Bertz CT molecular complexity index is 438. The van der Waals surface area contributed by atoms with E-state index < -0.39 is 0 Å². The van der Waals surface area contributed by atoms with Crippen molar-refractivity contribution in [3.05, 3.63) is 29.8 Å². The molecule has 1 aromatic carbocycles. The Hall–Kier alpha value is -1.51. The third-order valence-electron chi connectivity index (χ3n) is 3.72. The van der Waals surface area contributed by atoms with E-state index in [1.54, 1.807) is 0 Å². The van der Waals surface area contributed by atoms with Crippen LogP contribution in [0.1, 0.15) is 58.4 Å². The molecular weight excluding hydrogens is 248 g/mol. The fraction of sp³-hybridized carbons (Fsp3) is 0.588. The number of ether oxygens (including phenoxy) is 1. The fourth-order valence-corrected chi connectivity index (χ4v) is 1.96. The highest BCUT2D eigenvalue weighted by Gasteiger charge is 2.20. The first kappa shape index (κ1) is 16.5. The summed E-state index contributed by atoms with van der Waals surface area (Å²) in [5.41, 5.74) is 6.68. The van der Waals surface area contributed by atoms with Crippen LogP contribution in [0, 0.1) is 10.8 Å². The van der Waals surface area contributed by atoms with E-state index in [0.717, 1.165) is 31.6 Å². The van der Waals surface area contributed by atoms with Crippen LogP contribution in [0.2, 0.25) is 0 Å². The van der Waals surface area contributed by atoms with Crippen LogP contribution in [0.15, 0.2) is 24.3 Å². The molecule has 0 unspecified atom stereocenters. The van der Waals surface area contributed by atoms with Gasteiger partial charge in [0.15, 0.2) is 0 Å². The molecule has 0 heterocycles. The second kappa shape index (κ2) is 7.32. The first-order valence-electron chi connectivity index (χ1n) is 7.40. The van der Waals surface area contributed by atoms with E-state index >= 15 is 0 Å². The van der Waals surface area contributed by atoms with Crippen molar-refractivity contribution in [1.29, 1.82) is 5.41 Å². The Morgan fingerprint density at radius 3 is 2.60 bits per heavy atom. The average molecular weight is 276 g/mol. The molecule has 0 atom stereocenters. The summed E-state index contributed by atoms with van der Waals surface area (Å²) >= 11 is 0. The van der Waals surface area contributed by atoms with Crippen molar-refractivity contribution in [2.45, 2.75) is 52.9 Å². The fourth-order valence-electron chi connectivity index (χ4n) is 1.96. The Morgan fingerprint density at radius 1 is 1.30 bits per heavy atom. The Balaban J connectivity index is 2.31. The van der Waals surface area contributed by atoms with E-state index in [0.29, 0.717) is 5.92 Å². The first-order valence-corrected chi connectivity index (χ1v) is 7.40. The summed E-state index contributed by atoms with van der Waals surface area (Å²) in [6, 6.07) is 8.30. The second-order valence-corrected chi connectivity index (χ2v) is 6.33. The third kappa shape index (κ3) is 5.24. The van der Waals surface area contributed by atoms with Crippen LogP contribution >= 0.6 is 0 Å². The number of unbranched alkanes of at least 4 members (excludes halogenated alkanes) is 1. The predicted molar refractivity (Wildman–Crippen MR) is 85.6 cm³/mol. The van der Waals surface area contributed by atoms with E-state index in [4.69, 9.17) is 15.9 Å². The Kier molecular flexibility index (Phi) is 6.05. The van der Waals surface area contributed by atoms with Crippen molar-refractivity contribution in [3.63, 3.8) is 0 Å². The van der Waals surface area contributed by atoms with E-state index in [2.05, 4.69) is 26.0 Å². The van der Waals surface area contributed by atoms with Crippen molar-refractivity contribution >= 4 is 5.84 Å². The lowest BCUT2D eigenvalue weighted by Crippen LogP contribution is -2.30. The molecule has 3 heteroatoms. The summed E-state index contributed by atoms with van der Waals surface area (Å²) in [6.07, 6.45) is 2.94. The van der Waals surface area contributed by atoms with Gasteiger partial charge in [0.2, 0.25) is 0 Å². The highest BCUT2D eigenvalue weighted by atomic mass is 16.5. The first-order chi connectivity index (χ1) is 9.33. The van der Waals surface area contributed by atoms with Crippen molar-refractivity contribution in [2.24, 2.45) is 11.1 Å². The number of hydrogen-bond acceptors (Lipinski definition) is 2. The zero-order chi connectivity index (χ0) is 15.2. The minimum atomic E-state index is -0.197. The minimum absolute atomic E-state index is 0.197. The molecule has 0 spiro atoms. The summed E-state index contributed by atoms with van der Waals surface area (Å²) in [6.45, 7) is 9.12. The van der Waals surface area contributed by atoms with Gasteiger partial charge >= 0.3 is 0 Å². The van der Waals surface area contributed by atoms with Crippen molar-refractivity contribution in [3.8, 4) is 5.75 Å². The van der Waals surface area contributed by atoms with Gasteiger partial charge in [-0.25, -0.2) is 0 Å². The molecular formula is C17H28N2O. The number of amidine groups is 1. The molecule has 1 rings (SSSR count). The molecule has 3 N–H and O–H groups in total. The van der Waals surface area contributed by atoms with Gasteiger partial charge in [-0.15, -0.1) is 0 Å². The van der Waals surface area contributed by atoms with Crippen molar-refractivity contribution in [2.75, 3.05) is 6.61 Å². The lowest BCUT2D eigenvalue weighted by Gasteiger charge is -2.22. The molecule has 3 nitrogen and oxygen atoms in total. The minimum Gasteiger partial charge on any atom is -0.494 e. The average Bonchev–Trinajstić information content (AvgIpc) is 2.38. The summed E-state index contributed by atoms with van der Waals surface area (Å²) in [7, 11) is 0. The van der Waals surface area contributed by atoms with Crippen LogP contribution in [0.4, 0.5) is 0 Å². The van der Waals surface area contributed by atoms with Crippen LogP contribution in [0.5, 0.6) is 5.75 Å². The topological polar surface area (TPSA) is 59.1 Å². The lowest BCUT2D eigenvalue weighted by atomic mass is 9.86. The molecule has 1 aromatic rings. The highest BCUT2D eigenvalue weighted by Crippen LogP contribution is 2.23. The third-order valence-corrected chi connectivity index (χ3v) is 3.72. The number of nitrogens with two attached hydrogens (primary N) is 1. The highest BCUT2D eigenvalue weighted by molar-refractivity contribution is 5.82. The van der Waals surface area contributed by atoms with Crippen LogP contribution in [0.3, 0.4) is 0 Å². The van der Waals surface area contributed by atoms with E-state index in [9.17, 15) is 0 Å². The number of rotatable bonds is 8. The summed E-state index contributed by atoms with van der Waals surface area (Å²) in [4.78, 5) is 0. The molecule has 112 valence electrons. The number of nitrogens with one attached hydrogen (secondary N) is 1. The smallest absolute Gasteiger partial charge is 0.119 e. The molecule has 0 bridgehead atoms. The van der Waals surface area contributed by atoms with Gasteiger partial charge in [0.1, 0.15) is 5.75 Å². The van der Waals surface area contributed by atoms with Gasteiger partial charge in [-0.05, 0) is 42.9 Å². The molecule has 0 aliphatic carbocycles. The molecule has 0 aliphatic rings. The molecule has 0 saturated heterocycles. The monoisotopic (exact) mass is 276 g/mol. The zero-order valence-electron chi connectivity index (χ0n) is 13.2. The quantitative estimate of drug-likeness (QED) is 0.422. The van der Waals surface area contributed by atoms with Crippen LogP contribution in [-0.4, -0.2) is 12.4 Å². The molecule has 0 saturated carbocycles. The van der Waals surface area contributed by atoms with Crippen LogP contribution in [-0.2, 0) is 0 Å². The van der Waals surface area contributed by atoms with Gasteiger partial charge in [0.25, 0.3) is 0 Å². The van der Waals surface area contributed by atoms with Gasteiger partial charge in [-0.1, -0.05) is 39.8 Å². The van der Waals surface area contributed by atoms with E-state index in [-0.39, 0.29) is 11.3 Å². The molecule has 0 amide bonds. The van der Waals surface area contributed by atoms with Crippen LogP contribution < -0.4 is 10.5 Å². The molecule has 0 fully saturated rings. The number of hydrogen-bond donors (Lipinski definition) is 2. The molecule has 0 radical (unpaired) electrons. The zero-order valence-corrected chi connectivity index (χ0v) is 13.2. The van der Waals surface area contributed by atoms with Gasteiger partial charge in [0, 0.05) is 5.41 Å². The SMILES string of the molecule is CC(C)c1cccc(OCCCCC(C)(C)C(=N)N)c1.